The minimum absolute atomic E-state index is 0.00670. The van der Waals surface area contributed by atoms with Crippen LogP contribution in [0.5, 0.6) is 0 Å². The molecule has 0 radical (unpaired) electrons. The van der Waals surface area contributed by atoms with Crippen molar-refractivity contribution in [3.8, 4) is 0 Å². The first-order valence-electron chi connectivity index (χ1n) is 9.22. The van der Waals surface area contributed by atoms with Gasteiger partial charge in [-0.15, -0.1) is 11.3 Å². The number of aliphatic hydroxyl groups is 1. The highest BCUT2D eigenvalue weighted by Gasteiger charge is 2.47. The van der Waals surface area contributed by atoms with E-state index in [1.165, 1.54) is 27.6 Å². The van der Waals surface area contributed by atoms with Crippen LogP contribution in [0.25, 0.3) is 10.2 Å². The Kier molecular flexibility index (Phi) is 4.34. The standard InChI is InChI=1S/C22H16N2O4S2/c1-11-5-7-13-16(10-11)30-22(23-13)24-18(15-4-3-9-29-15)17(20(26)21(24)27)19(25)14-8-6-12(2)28-14/h3-10,18,26H,1-2H3. The second-order valence-corrected chi connectivity index (χ2v) is 9.05. The molecule has 1 atom stereocenters. The van der Waals surface area contributed by atoms with Crippen LogP contribution in [0, 0.1) is 13.8 Å². The minimum Gasteiger partial charge on any atom is -0.503 e. The molecule has 0 bridgehead atoms. The fourth-order valence-electron chi connectivity index (χ4n) is 3.56. The number of amides is 1. The van der Waals surface area contributed by atoms with E-state index in [1.807, 2.05) is 42.6 Å². The maximum atomic E-state index is 13.2. The number of hydrogen-bond donors (Lipinski definition) is 1. The van der Waals surface area contributed by atoms with E-state index in [1.54, 1.807) is 19.1 Å². The Bertz CT molecular complexity index is 1330. The van der Waals surface area contributed by atoms with Crippen LogP contribution in [-0.2, 0) is 4.79 Å². The number of Topliss-reactive ketones (excluding diaryl/α,β-unsaturated/α-hetero) is 1. The van der Waals surface area contributed by atoms with Crippen LogP contribution < -0.4 is 4.90 Å². The Morgan fingerprint density at radius 2 is 2.03 bits per heavy atom. The van der Waals surface area contributed by atoms with Crippen molar-refractivity contribution in [1.82, 2.24) is 4.98 Å². The quantitative estimate of drug-likeness (QED) is 0.436. The number of carbonyl (C=O) groups excluding carboxylic acids is 2. The largest absolute Gasteiger partial charge is 0.503 e. The highest BCUT2D eigenvalue weighted by atomic mass is 32.1. The highest BCUT2D eigenvalue weighted by molar-refractivity contribution is 7.22. The molecule has 30 heavy (non-hydrogen) atoms. The zero-order chi connectivity index (χ0) is 21.0. The van der Waals surface area contributed by atoms with Gasteiger partial charge in [-0.2, -0.15) is 0 Å². The third kappa shape index (κ3) is 2.88. The van der Waals surface area contributed by atoms with Crippen LogP contribution in [0.4, 0.5) is 5.13 Å². The van der Waals surface area contributed by atoms with Crippen molar-refractivity contribution < 1.29 is 19.1 Å². The number of thiazole rings is 1. The minimum atomic E-state index is -0.767. The number of ketones is 1. The molecule has 1 unspecified atom stereocenters. The van der Waals surface area contributed by atoms with Crippen LogP contribution in [0.2, 0.25) is 0 Å². The molecule has 0 saturated heterocycles. The van der Waals surface area contributed by atoms with Gasteiger partial charge in [-0.25, -0.2) is 4.98 Å². The van der Waals surface area contributed by atoms with Gasteiger partial charge < -0.3 is 9.52 Å². The molecule has 0 aliphatic carbocycles. The van der Waals surface area contributed by atoms with Gasteiger partial charge in [0.2, 0.25) is 5.78 Å². The first-order chi connectivity index (χ1) is 14.4. The SMILES string of the molecule is Cc1ccc2nc(N3C(=O)C(O)=C(C(=O)c4ccc(C)o4)C3c3cccs3)sc2c1. The summed E-state index contributed by atoms with van der Waals surface area (Å²) in [5, 5.41) is 13.0. The molecule has 1 aliphatic rings. The average molecular weight is 437 g/mol. The van der Waals surface area contributed by atoms with Crippen LogP contribution in [0.15, 0.2) is 63.6 Å². The van der Waals surface area contributed by atoms with Gasteiger partial charge in [0.1, 0.15) is 11.8 Å². The zero-order valence-corrected chi connectivity index (χ0v) is 17.7. The van der Waals surface area contributed by atoms with E-state index in [2.05, 4.69) is 4.98 Å². The Balaban J connectivity index is 1.66. The first-order valence-corrected chi connectivity index (χ1v) is 10.9. The first kappa shape index (κ1) is 18.8. The number of aliphatic hydroxyl groups excluding tert-OH is 1. The smallest absolute Gasteiger partial charge is 0.296 e. The molecule has 0 spiro atoms. The number of aromatic nitrogens is 1. The Hall–Kier alpha value is -3.23. The summed E-state index contributed by atoms with van der Waals surface area (Å²) in [5.41, 5.74) is 1.86. The molecule has 1 amide bonds. The fourth-order valence-corrected chi connectivity index (χ4v) is 5.48. The van der Waals surface area contributed by atoms with Crippen molar-refractivity contribution in [3.05, 3.63) is 81.1 Å². The predicted octanol–water partition coefficient (Wildman–Crippen LogP) is 5.35. The van der Waals surface area contributed by atoms with Crippen molar-refractivity contribution in [2.75, 3.05) is 4.90 Å². The van der Waals surface area contributed by atoms with Crippen molar-refractivity contribution in [1.29, 1.82) is 0 Å². The monoisotopic (exact) mass is 436 g/mol. The lowest BCUT2D eigenvalue weighted by atomic mass is 10.0. The van der Waals surface area contributed by atoms with Gasteiger partial charge in [-0.1, -0.05) is 23.5 Å². The topological polar surface area (TPSA) is 83.6 Å². The number of thiophene rings is 1. The lowest BCUT2D eigenvalue weighted by molar-refractivity contribution is -0.117. The van der Waals surface area contributed by atoms with Crippen LogP contribution in [-0.4, -0.2) is 21.8 Å². The third-order valence-electron chi connectivity index (χ3n) is 4.97. The number of rotatable bonds is 4. The number of nitrogens with zero attached hydrogens (tertiary/aromatic N) is 2. The van der Waals surface area contributed by atoms with E-state index in [0.717, 1.165) is 20.7 Å². The van der Waals surface area contributed by atoms with E-state index in [-0.39, 0.29) is 11.3 Å². The molecule has 1 aliphatic heterocycles. The molecule has 1 N–H and O–H groups in total. The van der Waals surface area contributed by atoms with Crippen LogP contribution in [0.1, 0.15) is 32.8 Å². The highest BCUT2D eigenvalue weighted by Crippen LogP contribution is 2.45. The summed E-state index contributed by atoms with van der Waals surface area (Å²) in [7, 11) is 0. The molecule has 6 nitrogen and oxygen atoms in total. The van der Waals surface area contributed by atoms with Gasteiger partial charge in [-0.05, 0) is 55.1 Å². The van der Waals surface area contributed by atoms with Gasteiger partial charge in [-0.3, -0.25) is 14.5 Å². The Morgan fingerprint density at radius 3 is 2.73 bits per heavy atom. The number of anilines is 1. The molecule has 1 aromatic carbocycles. The van der Waals surface area contributed by atoms with E-state index < -0.39 is 23.5 Å². The van der Waals surface area contributed by atoms with Crippen LogP contribution in [0.3, 0.4) is 0 Å². The Labute approximate surface area is 179 Å². The van der Waals surface area contributed by atoms with Gasteiger partial charge >= 0.3 is 0 Å². The second-order valence-electron chi connectivity index (χ2n) is 7.06. The molecule has 5 rings (SSSR count). The summed E-state index contributed by atoms with van der Waals surface area (Å²) in [4.78, 5) is 33.1. The molecule has 4 aromatic rings. The van der Waals surface area contributed by atoms with Crippen molar-refractivity contribution >= 4 is 49.7 Å². The summed E-state index contributed by atoms with van der Waals surface area (Å²) in [6.45, 7) is 3.72. The summed E-state index contributed by atoms with van der Waals surface area (Å²) in [5.74, 6) is -1.05. The van der Waals surface area contributed by atoms with Gasteiger partial charge in [0.05, 0.1) is 15.8 Å². The average Bonchev–Trinajstić information content (AvgIpc) is 3.49. The summed E-state index contributed by atoms with van der Waals surface area (Å²) in [6, 6.07) is 12.0. The van der Waals surface area contributed by atoms with Crippen LogP contribution >= 0.6 is 22.7 Å². The lowest BCUT2D eigenvalue weighted by Gasteiger charge is -2.22. The molecule has 8 heteroatoms. The summed E-state index contributed by atoms with van der Waals surface area (Å²) < 4.78 is 6.41. The Morgan fingerprint density at radius 1 is 1.20 bits per heavy atom. The van der Waals surface area contributed by atoms with E-state index in [9.17, 15) is 14.7 Å². The molecule has 0 fully saturated rings. The molecule has 4 heterocycles. The van der Waals surface area contributed by atoms with Crippen molar-refractivity contribution in [3.63, 3.8) is 0 Å². The lowest BCUT2D eigenvalue weighted by Crippen LogP contribution is -2.30. The van der Waals surface area contributed by atoms with E-state index in [0.29, 0.717) is 10.9 Å². The molecule has 3 aromatic heterocycles. The van der Waals surface area contributed by atoms with Crippen molar-refractivity contribution in [2.45, 2.75) is 19.9 Å². The van der Waals surface area contributed by atoms with E-state index in [4.69, 9.17) is 4.42 Å². The van der Waals surface area contributed by atoms with Gasteiger partial charge in [0.25, 0.3) is 5.91 Å². The molecule has 150 valence electrons. The maximum absolute atomic E-state index is 13.2. The van der Waals surface area contributed by atoms with Crippen molar-refractivity contribution in [2.24, 2.45) is 0 Å². The normalized spacial score (nSPS) is 16.8. The maximum Gasteiger partial charge on any atom is 0.296 e. The molecule has 0 saturated carbocycles. The summed E-state index contributed by atoms with van der Waals surface area (Å²) >= 11 is 2.76. The second kappa shape index (κ2) is 6.93. The number of fused-ring (bicyclic) bond motifs is 1. The number of benzene rings is 1. The van der Waals surface area contributed by atoms with Gasteiger partial charge in [0, 0.05) is 4.88 Å². The number of furan rings is 1. The van der Waals surface area contributed by atoms with Gasteiger partial charge in [0.15, 0.2) is 16.7 Å². The fraction of sp³-hybridized carbons (Fsp3) is 0.136. The number of hydrogen-bond acceptors (Lipinski definition) is 7. The zero-order valence-electron chi connectivity index (χ0n) is 16.1. The predicted molar refractivity (Wildman–Crippen MR) is 116 cm³/mol. The molecular formula is C22H16N2O4S2. The number of aryl methyl sites for hydroxylation is 2. The number of carbonyl (C=O) groups is 2. The summed E-state index contributed by atoms with van der Waals surface area (Å²) in [6.07, 6.45) is 0. The van der Waals surface area contributed by atoms with E-state index >= 15 is 0 Å². The third-order valence-corrected chi connectivity index (χ3v) is 6.91. The molecular weight excluding hydrogens is 420 g/mol.